The number of nitrogens with zero attached hydrogens (tertiary/aromatic N) is 5. The van der Waals surface area contributed by atoms with E-state index in [2.05, 4.69) is 32.3 Å². The number of rotatable bonds is 6. The first kappa shape index (κ1) is 25.7. The highest BCUT2D eigenvalue weighted by Crippen LogP contribution is 2.32. The Kier molecular flexibility index (Phi) is 9.38. The van der Waals surface area contributed by atoms with Gasteiger partial charge in [-0.25, -0.2) is 9.79 Å². The molecule has 3 rings (SSSR count). The highest BCUT2D eigenvalue weighted by atomic mass is 127. The van der Waals surface area contributed by atoms with E-state index in [-0.39, 0.29) is 36.1 Å². The Morgan fingerprint density at radius 1 is 1.29 bits per heavy atom. The highest BCUT2D eigenvalue weighted by Gasteiger charge is 2.35. The lowest BCUT2D eigenvalue weighted by atomic mass is 10.0. The molecule has 9 nitrogen and oxygen atoms in total. The molecule has 2 fully saturated rings. The van der Waals surface area contributed by atoms with Crippen molar-refractivity contribution in [1.29, 1.82) is 0 Å². The van der Waals surface area contributed by atoms with Crippen LogP contribution < -0.4 is 5.32 Å². The molecule has 1 aliphatic carbocycles. The SMILES string of the molecule is CCNC(=NCc1noc(C)n1)N1CCC(N(CC2CC2)C(=O)OC(C)(C)C)CC1.I. The average molecular weight is 548 g/mol. The maximum absolute atomic E-state index is 12.8. The van der Waals surface area contributed by atoms with Crippen molar-refractivity contribution >= 4 is 36.0 Å². The lowest BCUT2D eigenvalue weighted by Gasteiger charge is -2.40. The predicted octanol–water partition coefficient (Wildman–Crippen LogP) is 3.57. The number of hydrogen-bond acceptors (Lipinski definition) is 6. The third kappa shape index (κ3) is 8.12. The number of halogens is 1. The van der Waals surface area contributed by atoms with Gasteiger partial charge in [0.25, 0.3) is 0 Å². The number of guanidine groups is 1. The lowest BCUT2D eigenvalue weighted by molar-refractivity contribution is 0.00928. The molecule has 1 saturated carbocycles. The van der Waals surface area contributed by atoms with Gasteiger partial charge in [-0.1, -0.05) is 5.16 Å². The van der Waals surface area contributed by atoms with E-state index in [0.717, 1.165) is 45.0 Å². The first-order valence-corrected chi connectivity index (χ1v) is 11.1. The van der Waals surface area contributed by atoms with Crippen LogP contribution in [0.2, 0.25) is 0 Å². The first-order chi connectivity index (χ1) is 14.2. The van der Waals surface area contributed by atoms with E-state index in [9.17, 15) is 4.79 Å². The van der Waals surface area contributed by atoms with Crippen LogP contribution in [-0.2, 0) is 11.3 Å². The van der Waals surface area contributed by atoms with Gasteiger partial charge < -0.3 is 24.4 Å². The fourth-order valence-corrected chi connectivity index (χ4v) is 3.64. The van der Waals surface area contributed by atoms with Crippen LogP contribution in [0.5, 0.6) is 0 Å². The van der Waals surface area contributed by atoms with Crippen molar-refractivity contribution in [2.45, 2.75) is 78.5 Å². The molecule has 1 saturated heterocycles. The van der Waals surface area contributed by atoms with E-state index in [1.807, 2.05) is 25.7 Å². The summed E-state index contributed by atoms with van der Waals surface area (Å²) in [5.41, 5.74) is -0.474. The zero-order valence-electron chi connectivity index (χ0n) is 19.4. The highest BCUT2D eigenvalue weighted by molar-refractivity contribution is 14.0. The van der Waals surface area contributed by atoms with Crippen molar-refractivity contribution in [1.82, 2.24) is 25.3 Å². The number of carbonyl (C=O) groups excluding carboxylic acids is 1. The van der Waals surface area contributed by atoms with E-state index in [4.69, 9.17) is 9.26 Å². The summed E-state index contributed by atoms with van der Waals surface area (Å²) >= 11 is 0. The summed E-state index contributed by atoms with van der Waals surface area (Å²) in [4.78, 5) is 25.9. The minimum absolute atomic E-state index is 0. The predicted molar refractivity (Wildman–Crippen MR) is 130 cm³/mol. The summed E-state index contributed by atoms with van der Waals surface area (Å²) in [5.74, 6) is 2.61. The summed E-state index contributed by atoms with van der Waals surface area (Å²) in [5, 5.41) is 7.27. The number of nitrogens with one attached hydrogen (secondary N) is 1. The lowest BCUT2D eigenvalue weighted by Crippen LogP contribution is -2.52. The second-order valence-electron chi connectivity index (χ2n) is 9.19. The van der Waals surface area contributed by atoms with Crippen LogP contribution in [-0.4, -0.2) is 69.8 Å². The van der Waals surface area contributed by atoms with Crippen LogP contribution in [0.25, 0.3) is 0 Å². The van der Waals surface area contributed by atoms with E-state index < -0.39 is 5.60 Å². The van der Waals surface area contributed by atoms with Crippen molar-refractivity contribution in [3.8, 4) is 0 Å². The van der Waals surface area contributed by atoms with Crippen LogP contribution in [0.3, 0.4) is 0 Å². The van der Waals surface area contributed by atoms with Crippen molar-refractivity contribution in [3.63, 3.8) is 0 Å². The molecule has 31 heavy (non-hydrogen) atoms. The van der Waals surface area contributed by atoms with Crippen LogP contribution in [0, 0.1) is 12.8 Å². The molecule has 0 bridgehead atoms. The van der Waals surface area contributed by atoms with Gasteiger partial charge in [0, 0.05) is 39.1 Å². The molecule has 1 aliphatic heterocycles. The van der Waals surface area contributed by atoms with Crippen molar-refractivity contribution in [3.05, 3.63) is 11.7 Å². The number of hydrogen-bond donors (Lipinski definition) is 1. The third-order valence-electron chi connectivity index (χ3n) is 5.26. The fraction of sp³-hybridized carbons (Fsp3) is 0.810. The Hall–Kier alpha value is -1.59. The number of ether oxygens (including phenoxy) is 1. The minimum Gasteiger partial charge on any atom is -0.444 e. The molecule has 1 aromatic heterocycles. The second-order valence-corrected chi connectivity index (χ2v) is 9.19. The second kappa shape index (κ2) is 11.3. The summed E-state index contributed by atoms with van der Waals surface area (Å²) in [6, 6.07) is 0.208. The quantitative estimate of drug-likeness (QED) is 0.330. The molecule has 0 unspecified atom stereocenters. The van der Waals surface area contributed by atoms with Gasteiger partial charge in [0.05, 0.1) is 0 Å². The zero-order chi connectivity index (χ0) is 21.7. The molecule has 2 aliphatic rings. The molecular formula is C21H37IN6O3. The van der Waals surface area contributed by atoms with Gasteiger partial charge in [-0.2, -0.15) is 4.98 Å². The van der Waals surface area contributed by atoms with Gasteiger partial charge in [-0.05, 0) is 59.3 Å². The largest absolute Gasteiger partial charge is 0.444 e. The van der Waals surface area contributed by atoms with E-state index in [1.54, 1.807) is 6.92 Å². The number of carbonyl (C=O) groups is 1. The van der Waals surface area contributed by atoms with Crippen LogP contribution in [0.4, 0.5) is 4.79 Å². The molecule has 0 spiro atoms. The van der Waals surface area contributed by atoms with E-state index in [0.29, 0.717) is 24.2 Å². The number of amides is 1. The summed E-state index contributed by atoms with van der Waals surface area (Å²) in [7, 11) is 0. The maximum Gasteiger partial charge on any atom is 0.410 e. The van der Waals surface area contributed by atoms with Crippen molar-refractivity contribution in [2.24, 2.45) is 10.9 Å². The van der Waals surface area contributed by atoms with Gasteiger partial charge in [-0.3, -0.25) is 0 Å². The molecule has 0 radical (unpaired) electrons. The maximum atomic E-state index is 12.8. The van der Waals surface area contributed by atoms with Crippen LogP contribution >= 0.6 is 24.0 Å². The monoisotopic (exact) mass is 548 g/mol. The molecule has 0 aromatic carbocycles. The number of likely N-dealkylation sites (tertiary alicyclic amines) is 1. The van der Waals surface area contributed by atoms with Crippen molar-refractivity contribution in [2.75, 3.05) is 26.2 Å². The zero-order valence-corrected chi connectivity index (χ0v) is 21.7. The minimum atomic E-state index is -0.474. The summed E-state index contributed by atoms with van der Waals surface area (Å²) in [6.45, 7) is 13.3. The number of piperidine rings is 1. The fourth-order valence-electron chi connectivity index (χ4n) is 3.64. The average Bonchev–Trinajstić information content (AvgIpc) is 3.41. The Bertz CT molecular complexity index is 736. The van der Waals surface area contributed by atoms with Gasteiger partial charge >= 0.3 is 6.09 Å². The molecule has 10 heteroatoms. The van der Waals surface area contributed by atoms with Gasteiger partial charge in [0.15, 0.2) is 11.8 Å². The number of aliphatic imine (C=N–C) groups is 1. The topological polar surface area (TPSA) is 96.1 Å². The van der Waals surface area contributed by atoms with Gasteiger partial charge in [0.2, 0.25) is 5.89 Å². The standard InChI is InChI=1S/C21H36N6O3.HI/c1-6-22-19(23-13-18-24-15(2)30-25-18)26-11-9-17(10-12-26)27(14-16-7-8-16)20(28)29-21(3,4)5;/h16-17H,6-14H2,1-5H3,(H,22,23);1H. The molecule has 2 heterocycles. The molecule has 1 amide bonds. The molecule has 176 valence electrons. The van der Waals surface area contributed by atoms with Gasteiger partial charge in [-0.15, -0.1) is 24.0 Å². The number of aromatic nitrogens is 2. The normalized spacial score (nSPS) is 17.8. The van der Waals surface area contributed by atoms with Crippen LogP contribution in [0.1, 0.15) is 65.1 Å². The van der Waals surface area contributed by atoms with Gasteiger partial charge in [0.1, 0.15) is 12.1 Å². The Balaban J connectivity index is 0.00000341. The molecular weight excluding hydrogens is 511 g/mol. The summed E-state index contributed by atoms with van der Waals surface area (Å²) < 4.78 is 10.7. The molecule has 1 N–H and O–H groups in total. The van der Waals surface area contributed by atoms with E-state index in [1.165, 1.54) is 12.8 Å². The van der Waals surface area contributed by atoms with Crippen molar-refractivity contribution < 1.29 is 14.1 Å². The van der Waals surface area contributed by atoms with E-state index >= 15 is 0 Å². The Morgan fingerprint density at radius 2 is 1.97 bits per heavy atom. The molecule has 0 atom stereocenters. The summed E-state index contributed by atoms with van der Waals surface area (Å²) in [6.07, 6.45) is 4.05. The first-order valence-electron chi connectivity index (χ1n) is 11.1. The van der Waals surface area contributed by atoms with Crippen LogP contribution in [0.15, 0.2) is 9.52 Å². The number of aryl methyl sites for hydroxylation is 1. The third-order valence-corrected chi connectivity index (χ3v) is 5.26. The smallest absolute Gasteiger partial charge is 0.410 e. The Morgan fingerprint density at radius 3 is 2.48 bits per heavy atom. The molecule has 1 aromatic rings. The Labute approximate surface area is 202 Å².